The minimum atomic E-state index is -0.200. The van der Waals surface area contributed by atoms with E-state index in [9.17, 15) is 4.79 Å². The van der Waals surface area contributed by atoms with Gasteiger partial charge in [-0.15, -0.1) is 0 Å². The van der Waals surface area contributed by atoms with Gasteiger partial charge in [0.05, 0.1) is 5.56 Å². The molecule has 1 fully saturated rings. The molecule has 2 rings (SSSR count). The van der Waals surface area contributed by atoms with Crippen molar-refractivity contribution >= 4 is 5.91 Å². The lowest BCUT2D eigenvalue weighted by Crippen LogP contribution is -2.34. The number of carbonyl (C=O) groups excluding carboxylic acids is 1. The van der Waals surface area contributed by atoms with Gasteiger partial charge in [0.2, 0.25) is 0 Å². The summed E-state index contributed by atoms with van der Waals surface area (Å²) < 4.78 is 0. The minimum absolute atomic E-state index is 0.0859. The van der Waals surface area contributed by atoms with E-state index < -0.39 is 0 Å². The molecule has 3 nitrogen and oxygen atoms in total. The predicted molar refractivity (Wildman–Crippen MR) is 70.1 cm³/mol. The van der Waals surface area contributed by atoms with E-state index in [1.165, 1.54) is 12.8 Å². The summed E-state index contributed by atoms with van der Waals surface area (Å²) in [4.78, 5) is 12.1. The SMILES string of the molecule is CC(NC(=O)c1ccccc1C#CCO)C1CC1. The van der Waals surface area contributed by atoms with Crippen LogP contribution in [0.1, 0.15) is 35.7 Å². The molecular weight excluding hydrogens is 226 g/mol. The maximum Gasteiger partial charge on any atom is 0.252 e. The summed E-state index contributed by atoms with van der Waals surface area (Å²) in [5.41, 5.74) is 1.23. The van der Waals surface area contributed by atoms with E-state index in [0.717, 1.165) is 0 Å². The van der Waals surface area contributed by atoms with E-state index in [1.54, 1.807) is 12.1 Å². The number of amides is 1. The highest BCUT2D eigenvalue weighted by atomic mass is 16.2. The van der Waals surface area contributed by atoms with Crippen LogP contribution in [0.3, 0.4) is 0 Å². The van der Waals surface area contributed by atoms with Crippen LogP contribution in [0.4, 0.5) is 0 Å². The summed E-state index contributed by atoms with van der Waals surface area (Å²) in [6, 6.07) is 7.43. The number of benzene rings is 1. The Labute approximate surface area is 107 Å². The van der Waals surface area contributed by atoms with Crippen LogP contribution in [0.5, 0.6) is 0 Å². The van der Waals surface area contributed by atoms with Crippen LogP contribution in [-0.4, -0.2) is 23.7 Å². The first kappa shape index (κ1) is 12.7. The van der Waals surface area contributed by atoms with Crippen molar-refractivity contribution in [2.75, 3.05) is 6.61 Å². The molecule has 0 bridgehead atoms. The topological polar surface area (TPSA) is 49.3 Å². The zero-order valence-corrected chi connectivity index (χ0v) is 10.4. The van der Waals surface area contributed by atoms with Gasteiger partial charge in [0.1, 0.15) is 6.61 Å². The van der Waals surface area contributed by atoms with Crippen LogP contribution in [-0.2, 0) is 0 Å². The third-order valence-electron chi connectivity index (χ3n) is 3.16. The predicted octanol–water partition coefficient (Wildman–Crippen LogP) is 1.56. The molecule has 94 valence electrons. The Balaban J connectivity index is 2.13. The van der Waals surface area contributed by atoms with Crippen molar-refractivity contribution in [3.05, 3.63) is 35.4 Å². The lowest BCUT2D eigenvalue weighted by atomic mass is 10.1. The van der Waals surface area contributed by atoms with Crippen LogP contribution >= 0.6 is 0 Å². The zero-order valence-electron chi connectivity index (χ0n) is 10.4. The summed E-state index contributed by atoms with van der Waals surface area (Å²) in [6.07, 6.45) is 2.40. The van der Waals surface area contributed by atoms with E-state index >= 15 is 0 Å². The fourth-order valence-corrected chi connectivity index (χ4v) is 1.92. The highest BCUT2D eigenvalue weighted by Gasteiger charge is 2.29. The largest absolute Gasteiger partial charge is 0.384 e. The van der Waals surface area contributed by atoms with Crippen molar-refractivity contribution in [3.63, 3.8) is 0 Å². The summed E-state index contributed by atoms with van der Waals surface area (Å²) >= 11 is 0. The van der Waals surface area contributed by atoms with Crippen molar-refractivity contribution < 1.29 is 9.90 Å². The molecule has 0 aromatic heterocycles. The average molecular weight is 243 g/mol. The minimum Gasteiger partial charge on any atom is -0.384 e. The summed E-state index contributed by atoms with van der Waals surface area (Å²) in [5, 5.41) is 11.7. The van der Waals surface area contributed by atoms with Crippen LogP contribution < -0.4 is 5.32 Å². The Morgan fingerprint density at radius 1 is 1.50 bits per heavy atom. The molecule has 1 aliphatic carbocycles. The third kappa shape index (κ3) is 3.12. The van der Waals surface area contributed by atoms with Crippen molar-refractivity contribution in [3.8, 4) is 11.8 Å². The lowest BCUT2D eigenvalue weighted by Gasteiger charge is -2.13. The van der Waals surface area contributed by atoms with Gasteiger partial charge in [-0.3, -0.25) is 4.79 Å². The second kappa shape index (κ2) is 5.70. The molecule has 0 spiro atoms. The summed E-state index contributed by atoms with van der Waals surface area (Å²) in [6.45, 7) is 1.84. The number of aliphatic hydroxyl groups is 1. The maximum atomic E-state index is 12.1. The van der Waals surface area contributed by atoms with E-state index in [2.05, 4.69) is 17.2 Å². The Morgan fingerprint density at radius 2 is 2.22 bits per heavy atom. The molecule has 2 N–H and O–H groups in total. The monoisotopic (exact) mass is 243 g/mol. The number of aliphatic hydroxyl groups excluding tert-OH is 1. The number of carbonyl (C=O) groups is 1. The molecule has 18 heavy (non-hydrogen) atoms. The van der Waals surface area contributed by atoms with E-state index in [1.807, 2.05) is 19.1 Å². The highest BCUT2D eigenvalue weighted by Crippen LogP contribution is 2.32. The van der Waals surface area contributed by atoms with Gasteiger partial charge in [0.15, 0.2) is 0 Å². The van der Waals surface area contributed by atoms with Crippen molar-refractivity contribution in [2.24, 2.45) is 5.92 Å². The van der Waals surface area contributed by atoms with Crippen LogP contribution in [0.2, 0.25) is 0 Å². The summed E-state index contributed by atoms with van der Waals surface area (Å²) in [7, 11) is 0. The quantitative estimate of drug-likeness (QED) is 0.791. The van der Waals surface area contributed by atoms with Crippen LogP contribution in [0.25, 0.3) is 0 Å². The Morgan fingerprint density at radius 3 is 2.89 bits per heavy atom. The molecule has 1 atom stereocenters. The second-order valence-corrected chi connectivity index (χ2v) is 4.61. The molecule has 0 aliphatic heterocycles. The van der Waals surface area contributed by atoms with Crippen molar-refractivity contribution in [2.45, 2.75) is 25.8 Å². The van der Waals surface area contributed by atoms with E-state index in [4.69, 9.17) is 5.11 Å². The molecule has 1 aromatic carbocycles. The normalized spacial score (nSPS) is 15.4. The molecule has 0 saturated heterocycles. The van der Waals surface area contributed by atoms with Gasteiger partial charge in [-0.05, 0) is 37.8 Å². The molecule has 1 saturated carbocycles. The first-order valence-electron chi connectivity index (χ1n) is 6.22. The van der Waals surface area contributed by atoms with Gasteiger partial charge in [-0.1, -0.05) is 24.0 Å². The second-order valence-electron chi connectivity index (χ2n) is 4.61. The first-order valence-corrected chi connectivity index (χ1v) is 6.22. The average Bonchev–Trinajstić information content (AvgIpc) is 3.20. The smallest absolute Gasteiger partial charge is 0.252 e. The Bertz CT molecular complexity index is 495. The van der Waals surface area contributed by atoms with Gasteiger partial charge in [-0.2, -0.15) is 0 Å². The molecule has 0 heterocycles. The molecular formula is C15H17NO2. The number of rotatable bonds is 3. The maximum absolute atomic E-state index is 12.1. The van der Waals surface area contributed by atoms with Gasteiger partial charge < -0.3 is 10.4 Å². The van der Waals surface area contributed by atoms with E-state index in [-0.39, 0.29) is 18.6 Å². The number of hydrogen-bond acceptors (Lipinski definition) is 2. The van der Waals surface area contributed by atoms with Gasteiger partial charge in [0, 0.05) is 11.6 Å². The third-order valence-corrected chi connectivity index (χ3v) is 3.16. The molecule has 1 unspecified atom stereocenters. The number of nitrogens with one attached hydrogen (secondary N) is 1. The standard InChI is InChI=1S/C15H17NO2/c1-11(12-8-9-12)16-15(18)14-7-3-2-5-13(14)6-4-10-17/h2-3,5,7,11-12,17H,8-10H2,1H3,(H,16,18). The number of hydrogen-bond donors (Lipinski definition) is 2. The fraction of sp³-hybridized carbons (Fsp3) is 0.400. The van der Waals surface area contributed by atoms with Gasteiger partial charge in [0.25, 0.3) is 5.91 Å². The van der Waals surface area contributed by atoms with Crippen LogP contribution in [0.15, 0.2) is 24.3 Å². The lowest BCUT2D eigenvalue weighted by molar-refractivity contribution is 0.0935. The highest BCUT2D eigenvalue weighted by molar-refractivity contribution is 5.96. The van der Waals surface area contributed by atoms with E-state index in [0.29, 0.717) is 17.0 Å². The zero-order chi connectivity index (χ0) is 13.0. The molecule has 1 amide bonds. The molecule has 3 heteroatoms. The van der Waals surface area contributed by atoms with Gasteiger partial charge in [-0.25, -0.2) is 0 Å². The molecule has 1 aliphatic rings. The molecule has 1 aromatic rings. The Hall–Kier alpha value is -1.79. The van der Waals surface area contributed by atoms with Crippen LogP contribution in [0, 0.1) is 17.8 Å². The van der Waals surface area contributed by atoms with Crippen molar-refractivity contribution in [1.29, 1.82) is 0 Å². The van der Waals surface area contributed by atoms with Crippen molar-refractivity contribution in [1.82, 2.24) is 5.32 Å². The first-order chi connectivity index (χ1) is 8.72. The van der Waals surface area contributed by atoms with Gasteiger partial charge >= 0.3 is 0 Å². The molecule has 0 radical (unpaired) electrons. The summed E-state index contributed by atoms with van der Waals surface area (Å²) in [5.74, 6) is 5.92. The Kier molecular flexibility index (Phi) is 4.01. The fourth-order valence-electron chi connectivity index (χ4n) is 1.92.